The molecule has 11 heteroatoms. The van der Waals surface area contributed by atoms with Gasteiger partial charge in [0.1, 0.15) is 18.3 Å². The molecule has 0 unspecified atom stereocenters. The quantitative estimate of drug-likeness (QED) is 0.276. The lowest BCUT2D eigenvalue weighted by atomic mass is 10.1. The Balaban J connectivity index is 2.08. The molecule has 0 spiro atoms. The molecular formula is C29H33Cl2N3O5S. The molecule has 1 atom stereocenters. The molecule has 214 valence electrons. The van der Waals surface area contributed by atoms with Crippen LogP contribution >= 0.6 is 23.2 Å². The normalized spacial score (nSPS) is 11.9. The number of nitrogens with zero attached hydrogens (tertiary/aromatic N) is 2. The molecule has 40 heavy (non-hydrogen) atoms. The van der Waals surface area contributed by atoms with E-state index in [1.54, 1.807) is 62.4 Å². The molecule has 0 aromatic heterocycles. The number of carbonyl (C=O) groups is 2. The predicted molar refractivity (Wildman–Crippen MR) is 158 cm³/mol. The van der Waals surface area contributed by atoms with Crippen molar-refractivity contribution in [2.75, 3.05) is 24.0 Å². The summed E-state index contributed by atoms with van der Waals surface area (Å²) in [6.07, 6.45) is 0.720. The third-order valence-electron chi connectivity index (χ3n) is 6.13. The second-order valence-corrected chi connectivity index (χ2v) is 11.7. The molecule has 0 saturated carbocycles. The molecule has 3 rings (SSSR count). The van der Waals surface area contributed by atoms with Crippen LogP contribution in [0.1, 0.15) is 32.8 Å². The van der Waals surface area contributed by atoms with Crippen LogP contribution in [0.3, 0.4) is 0 Å². The van der Waals surface area contributed by atoms with Crippen LogP contribution in [0.25, 0.3) is 0 Å². The van der Waals surface area contributed by atoms with Crippen LogP contribution in [-0.2, 0) is 26.2 Å². The highest BCUT2D eigenvalue weighted by Crippen LogP contribution is 2.33. The van der Waals surface area contributed by atoms with E-state index in [0.717, 1.165) is 10.7 Å². The molecule has 0 bridgehead atoms. The fraction of sp³-hybridized carbons (Fsp3) is 0.310. The second kappa shape index (κ2) is 14.4. The average Bonchev–Trinajstić information content (AvgIpc) is 2.94. The van der Waals surface area contributed by atoms with Crippen molar-refractivity contribution in [2.45, 2.75) is 44.7 Å². The van der Waals surface area contributed by atoms with Crippen LogP contribution in [0.4, 0.5) is 5.69 Å². The summed E-state index contributed by atoms with van der Waals surface area (Å²) in [6, 6.07) is 18.4. The maximum absolute atomic E-state index is 14.0. The highest BCUT2D eigenvalue weighted by molar-refractivity contribution is 7.92. The zero-order valence-electron chi connectivity index (χ0n) is 22.6. The fourth-order valence-corrected chi connectivity index (χ4v) is 5.72. The molecule has 8 nitrogen and oxygen atoms in total. The molecule has 3 aromatic carbocycles. The highest BCUT2D eigenvalue weighted by atomic mass is 35.5. The summed E-state index contributed by atoms with van der Waals surface area (Å²) >= 11 is 12.4. The molecule has 1 N–H and O–H groups in total. The lowest BCUT2D eigenvalue weighted by Crippen LogP contribution is -2.51. The van der Waals surface area contributed by atoms with Gasteiger partial charge in [-0.2, -0.15) is 0 Å². The first-order chi connectivity index (χ1) is 19.1. The largest absolute Gasteiger partial charge is 0.492 e. The number of anilines is 1. The zero-order valence-corrected chi connectivity index (χ0v) is 25.0. The molecule has 3 aromatic rings. The molecule has 0 heterocycles. The summed E-state index contributed by atoms with van der Waals surface area (Å²) in [7, 11) is -4.26. The van der Waals surface area contributed by atoms with Crippen LogP contribution in [0.2, 0.25) is 10.0 Å². The zero-order chi connectivity index (χ0) is 29.3. The smallest absolute Gasteiger partial charge is 0.264 e. The van der Waals surface area contributed by atoms with Crippen molar-refractivity contribution >= 4 is 50.7 Å². The minimum absolute atomic E-state index is 0.00115. The standard InChI is InChI=1S/C29H33Cl2N3O5S/c1-4-18-32-29(36)21(3)33(19-22-10-6-7-11-25(22)31)28(35)20-34(26-12-8-9-13-27(26)39-5-2)40(37,38)24-16-14-23(30)15-17-24/h6-17,21H,4-5,18-20H2,1-3H3,(H,32,36)/t21-/m0/s1. The summed E-state index contributed by atoms with van der Waals surface area (Å²) in [6.45, 7) is 5.44. The Bertz CT molecular complexity index is 1420. The highest BCUT2D eigenvalue weighted by Gasteiger charge is 2.34. The van der Waals surface area contributed by atoms with E-state index in [1.165, 1.54) is 29.2 Å². The van der Waals surface area contributed by atoms with Crippen molar-refractivity contribution in [1.82, 2.24) is 10.2 Å². The van der Waals surface area contributed by atoms with Gasteiger partial charge >= 0.3 is 0 Å². The Labute approximate surface area is 245 Å². The third-order valence-corrected chi connectivity index (χ3v) is 8.52. The van der Waals surface area contributed by atoms with E-state index in [0.29, 0.717) is 27.9 Å². The van der Waals surface area contributed by atoms with E-state index in [2.05, 4.69) is 5.32 Å². The maximum atomic E-state index is 14.0. The van der Waals surface area contributed by atoms with Gasteiger partial charge in [0.2, 0.25) is 11.8 Å². The summed E-state index contributed by atoms with van der Waals surface area (Å²) in [5, 5.41) is 3.60. The molecule has 2 amide bonds. The SMILES string of the molecule is CCCNC(=O)[C@H](C)N(Cc1ccccc1Cl)C(=O)CN(c1ccccc1OCC)S(=O)(=O)c1ccc(Cl)cc1. The van der Waals surface area contributed by atoms with E-state index in [4.69, 9.17) is 27.9 Å². The Morgan fingerprint density at radius 3 is 2.25 bits per heavy atom. The van der Waals surface area contributed by atoms with Crippen LogP contribution < -0.4 is 14.4 Å². The number of benzene rings is 3. The summed E-state index contributed by atoms with van der Waals surface area (Å²) in [4.78, 5) is 28.2. The minimum atomic E-state index is -4.26. The average molecular weight is 607 g/mol. The van der Waals surface area contributed by atoms with Crippen molar-refractivity contribution in [3.05, 3.63) is 88.4 Å². The second-order valence-electron chi connectivity index (χ2n) is 8.95. The van der Waals surface area contributed by atoms with Crippen LogP contribution in [0.5, 0.6) is 5.75 Å². The fourth-order valence-electron chi connectivity index (χ4n) is 3.98. The van der Waals surface area contributed by atoms with Gasteiger partial charge in [-0.1, -0.05) is 60.5 Å². The number of ether oxygens (including phenoxy) is 1. The summed E-state index contributed by atoms with van der Waals surface area (Å²) in [5.41, 5.74) is 0.808. The van der Waals surface area contributed by atoms with Crippen molar-refractivity contribution < 1.29 is 22.7 Å². The summed E-state index contributed by atoms with van der Waals surface area (Å²) in [5.74, 6) is -0.659. The monoisotopic (exact) mass is 605 g/mol. The third kappa shape index (κ3) is 7.68. The van der Waals surface area contributed by atoms with Crippen molar-refractivity contribution in [2.24, 2.45) is 0 Å². The minimum Gasteiger partial charge on any atom is -0.492 e. The number of hydrogen-bond acceptors (Lipinski definition) is 5. The number of amides is 2. The first-order valence-corrected chi connectivity index (χ1v) is 15.1. The topological polar surface area (TPSA) is 96.0 Å². The van der Waals surface area contributed by atoms with Gasteiger partial charge in [0, 0.05) is 23.1 Å². The molecule has 0 aliphatic heterocycles. The van der Waals surface area contributed by atoms with Crippen LogP contribution in [0.15, 0.2) is 77.7 Å². The Morgan fingerprint density at radius 1 is 0.950 bits per heavy atom. The molecule has 0 aliphatic rings. The Morgan fingerprint density at radius 2 is 1.60 bits per heavy atom. The summed E-state index contributed by atoms with van der Waals surface area (Å²) < 4.78 is 34.7. The van der Waals surface area contributed by atoms with E-state index in [1.807, 2.05) is 6.92 Å². The predicted octanol–water partition coefficient (Wildman–Crippen LogP) is 5.53. The maximum Gasteiger partial charge on any atom is 0.264 e. The molecule has 0 aliphatic carbocycles. The molecular weight excluding hydrogens is 573 g/mol. The molecule has 0 saturated heterocycles. The first kappa shape index (κ1) is 31.3. The number of rotatable bonds is 13. The Kier molecular flexibility index (Phi) is 11.2. The van der Waals surface area contributed by atoms with Gasteiger partial charge in [0.15, 0.2) is 0 Å². The molecule has 0 radical (unpaired) electrons. The van der Waals surface area contributed by atoms with Gasteiger partial charge in [0.25, 0.3) is 10.0 Å². The van der Waals surface area contributed by atoms with E-state index >= 15 is 0 Å². The number of halogens is 2. The van der Waals surface area contributed by atoms with Crippen molar-refractivity contribution in [3.8, 4) is 5.75 Å². The van der Waals surface area contributed by atoms with Gasteiger partial charge in [-0.25, -0.2) is 8.42 Å². The van der Waals surface area contributed by atoms with Crippen LogP contribution in [-0.4, -0.2) is 50.9 Å². The lowest BCUT2D eigenvalue weighted by Gasteiger charge is -2.32. The number of nitrogens with one attached hydrogen (secondary N) is 1. The van der Waals surface area contributed by atoms with Gasteiger partial charge < -0.3 is 15.0 Å². The van der Waals surface area contributed by atoms with Gasteiger partial charge in [-0.15, -0.1) is 0 Å². The number of hydrogen-bond donors (Lipinski definition) is 1. The van der Waals surface area contributed by atoms with E-state index < -0.39 is 28.5 Å². The van der Waals surface area contributed by atoms with Crippen LogP contribution in [0, 0.1) is 0 Å². The van der Waals surface area contributed by atoms with Gasteiger partial charge in [-0.3, -0.25) is 13.9 Å². The number of sulfonamides is 1. The van der Waals surface area contributed by atoms with E-state index in [-0.39, 0.29) is 29.6 Å². The lowest BCUT2D eigenvalue weighted by molar-refractivity contribution is -0.139. The van der Waals surface area contributed by atoms with Gasteiger partial charge in [-0.05, 0) is 68.3 Å². The number of carbonyl (C=O) groups excluding carboxylic acids is 2. The van der Waals surface area contributed by atoms with Crippen molar-refractivity contribution in [3.63, 3.8) is 0 Å². The molecule has 0 fully saturated rings. The van der Waals surface area contributed by atoms with E-state index in [9.17, 15) is 18.0 Å². The first-order valence-electron chi connectivity index (χ1n) is 12.9. The van der Waals surface area contributed by atoms with Crippen molar-refractivity contribution in [1.29, 1.82) is 0 Å². The number of para-hydroxylation sites is 2. The van der Waals surface area contributed by atoms with Gasteiger partial charge in [0.05, 0.1) is 17.2 Å². The Hall–Kier alpha value is -3.27.